The number of carboxylic acids is 1. The van der Waals surface area contributed by atoms with Gasteiger partial charge in [-0.05, 0) is 61.1 Å². The number of phenols is 1. The molecule has 0 bridgehead atoms. The fraction of sp³-hybridized carbons (Fsp3) is 0.161. The van der Waals surface area contributed by atoms with Gasteiger partial charge in [0.1, 0.15) is 17.3 Å². The maximum absolute atomic E-state index is 12.4. The number of rotatable bonds is 7. The molecular weight excluding hydrogens is 542 g/mol. The third kappa shape index (κ3) is 6.12. The number of benzene rings is 3. The van der Waals surface area contributed by atoms with Gasteiger partial charge >= 0.3 is 5.97 Å². The van der Waals surface area contributed by atoms with Crippen LogP contribution in [0.5, 0.6) is 11.5 Å². The molecule has 5 N–H and O–H groups in total. The highest BCUT2D eigenvalue weighted by atomic mass is 32.1. The number of hydrogen-bond acceptors (Lipinski definition) is 6. The molecule has 41 heavy (non-hydrogen) atoms. The Morgan fingerprint density at radius 2 is 1.71 bits per heavy atom. The van der Waals surface area contributed by atoms with E-state index in [1.807, 2.05) is 19.1 Å². The minimum Gasteiger partial charge on any atom is -0.508 e. The van der Waals surface area contributed by atoms with Crippen molar-refractivity contribution in [3.05, 3.63) is 112 Å². The molecule has 0 saturated heterocycles. The molecule has 3 aromatic rings. The summed E-state index contributed by atoms with van der Waals surface area (Å²) in [5.41, 5.74) is 3.37. The van der Waals surface area contributed by atoms with Crippen molar-refractivity contribution in [1.82, 2.24) is 10.6 Å². The van der Waals surface area contributed by atoms with Crippen molar-refractivity contribution in [2.45, 2.75) is 12.8 Å². The predicted molar refractivity (Wildman–Crippen MR) is 157 cm³/mol. The van der Waals surface area contributed by atoms with Gasteiger partial charge in [0, 0.05) is 53.9 Å². The van der Waals surface area contributed by atoms with E-state index >= 15 is 0 Å². The molecule has 1 heterocycles. The number of carboxylic acid groups (broad SMARTS) is 1. The van der Waals surface area contributed by atoms with Gasteiger partial charge in [-0.15, -0.1) is 0 Å². The van der Waals surface area contributed by atoms with Crippen LogP contribution in [0.15, 0.2) is 84.7 Å². The van der Waals surface area contributed by atoms with Gasteiger partial charge in [0.2, 0.25) is 0 Å². The smallest absolute Gasteiger partial charge is 0.336 e. The molecule has 2 atom stereocenters. The van der Waals surface area contributed by atoms with Gasteiger partial charge in [0.25, 0.3) is 5.91 Å². The topological polar surface area (TPSA) is 137 Å². The molecule has 3 aromatic carbocycles. The number of phenolic OH excluding ortho intramolecular Hbond substituents is 1. The van der Waals surface area contributed by atoms with E-state index in [0.717, 1.165) is 5.56 Å². The van der Waals surface area contributed by atoms with Gasteiger partial charge in [-0.2, -0.15) is 0 Å². The summed E-state index contributed by atoms with van der Waals surface area (Å²) in [6.45, 7) is 2.65. The van der Waals surface area contributed by atoms with E-state index in [2.05, 4.69) is 16.0 Å². The Labute approximate surface area is 241 Å². The van der Waals surface area contributed by atoms with Crippen LogP contribution >= 0.6 is 12.2 Å². The third-order valence-electron chi connectivity index (χ3n) is 6.89. The summed E-state index contributed by atoms with van der Waals surface area (Å²) >= 11 is 5.37. The Kier molecular flexibility index (Phi) is 7.84. The van der Waals surface area contributed by atoms with Crippen molar-refractivity contribution in [3.8, 4) is 11.5 Å². The molecule has 5 rings (SSSR count). The Morgan fingerprint density at radius 1 is 0.976 bits per heavy atom. The van der Waals surface area contributed by atoms with Crippen LogP contribution in [0, 0.1) is 12.8 Å². The van der Waals surface area contributed by atoms with Crippen molar-refractivity contribution >= 4 is 40.7 Å². The molecule has 9 nitrogen and oxygen atoms in total. The monoisotopic (exact) mass is 569 g/mol. The van der Waals surface area contributed by atoms with Crippen LogP contribution in [0.25, 0.3) is 0 Å². The molecule has 0 spiro atoms. The van der Waals surface area contributed by atoms with Gasteiger partial charge in [-0.25, -0.2) is 4.79 Å². The number of hydrogen-bond donors (Lipinski definition) is 5. The molecule has 208 valence electrons. The number of ether oxygens (including phenoxy) is 1. The van der Waals surface area contributed by atoms with Gasteiger partial charge < -0.3 is 30.9 Å². The van der Waals surface area contributed by atoms with Crippen LogP contribution in [0.1, 0.15) is 43.3 Å². The van der Waals surface area contributed by atoms with E-state index in [9.17, 15) is 24.6 Å². The summed E-state index contributed by atoms with van der Waals surface area (Å²) in [5, 5.41) is 29.2. The number of carbonyl (C=O) groups excluding carboxylic acids is 2. The van der Waals surface area contributed by atoms with Crippen LogP contribution in [0.2, 0.25) is 0 Å². The normalized spacial score (nSPS) is 16.9. The summed E-state index contributed by atoms with van der Waals surface area (Å²) in [6, 6.07) is 16.9. The average molecular weight is 570 g/mol. The Balaban J connectivity index is 1.30. The lowest BCUT2D eigenvalue weighted by molar-refractivity contribution is -0.110. The zero-order valence-corrected chi connectivity index (χ0v) is 22.8. The summed E-state index contributed by atoms with van der Waals surface area (Å²) in [7, 11) is 0. The van der Waals surface area contributed by atoms with Crippen molar-refractivity contribution in [1.29, 1.82) is 0 Å². The molecule has 10 heteroatoms. The predicted octanol–water partition coefficient (Wildman–Crippen LogP) is 4.28. The number of aromatic hydroxyl groups is 1. The lowest BCUT2D eigenvalue weighted by Crippen LogP contribution is -2.36. The van der Waals surface area contributed by atoms with Gasteiger partial charge in [-0.1, -0.05) is 35.9 Å². The summed E-state index contributed by atoms with van der Waals surface area (Å²) in [4.78, 5) is 36.7. The molecule has 1 aliphatic heterocycles. The number of nitrogens with one attached hydrogen (secondary N) is 3. The molecule has 2 aliphatic rings. The van der Waals surface area contributed by atoms with Gasteiger partial charge in [-0.3, -0.25) is 9.59 Å². The quantitative estimate of drug-likeness (QED) is 0.209. The van der Waals surface area contributed by atoms with Gasteiger partial charge in [0.15, 0.2) is 10.9 Å². The van der Waals surface area contributed by atoms with Gasteiger partial charge in [0.05, 0.1) is 5.56 Å². The first kappa shape index (κ1) is 27.6. The largest absolute Gasteiger partial charge is 0.508 e. The summed E-state index contributed by atoms with van der Waals surface area (Å²) < 4.78 is 5.92. The Morgan fingerprint density at radius 3 is 2.46 bits per heavy atom. The molecule has 1 amide bonds. The second-order valence-electron chi connectivity index (χ2n) is 9.75. The first-order valence-electron chi connectivity index (χ1n) is 12.9. The summed E-state index contributed by atoms with van der Waals surface area (Å²) in [6.07, 6.45) is 4.54. The number of aromatic carboxylic acids is 1. The number of aryl methyl sites for hydroxylation is 1. The van der Waals surface area contributed by atoms with Crippen LogP contribution in [-0.4, -0.2) is 46.1 Å². The molecule has 0 fully saturated rings. The third-order valence-corrected chi connectivity index (χ3v) is 7.13. The van der Waals surface area contributed by atoms with Crippen molar-refractivity contribution < 1.29 is 29.3 Å². The lowest BCUT2D eigenvalue weighted by atomic mass is 9.74. The number of ketones is 1. The number of anilines is 1. The second-order valence-corrected chi connectivity index (χ2v) is 10.2. The zero-order chi connectivity index (χ0) is 29.1. The van der Waals surface area contributed by atoms with Crippen LogP contribution in [0.3, 0.4) is 0 Å². The molecule has 0 saturated carbocycles. The fourth-order valence-electron chi connectivity index (χ4n) is 4.93. The first-order valence-corrected chi connectivity index (χ1v) is 13.3. The molecule has 1 aliphatic carbocycles. The second kappa shape index (κ2) is 11.6. The van der Waals surface area contributed by atoms with E-state index in [1.54, 1.807) is 36.4 Å². The zero-order valence-electron chi connectivity index (χ0n) is 22.0. The fourth-order valence-corrected chi connectivity index (χ4v) is 5.15. The van der Waals surface area contributed by atoms with E-state index in [0.29, 0.717) is 47.0 Å². The van der Waals surface area contributed by atoms with Crippen molar-refractivity contribution in [3.63, 3.8) is 0 Å². The molecule has 0 aromatic heterocycles. The van der Waals surface area contributed by atoms with E-state index in [-0.39, 0.29) is 28.1 Å². The van der Waals surface area contributed by atoms with Crippen molar-refractivity contribution in [2.24, 2.45) is 5.92 Å². The van der Waals surface area contributed by atoms with Crippen LogP contribution in [0.4, 0.5) is 5.69 Å². The maximum Gasteiger partial charge on any atom is 0.336 e. The first-order chi connectivity index (χ1) is 19.7. The standard InChI is InChI=1S/C31H27N3O6S/c1-17-2-4-18(5-3-17)29(37)32-12-13-33-31(41)34-19-6-9-22(25(14-19)30(38)39)28-23-10-7-20(35)15-26(23)40-27-16-21(36)8-11-24(27)28/h2-11,14-16,23,28,36H,12-13H2,1H3,(H,32,37)(H,38,39)(H2,33,34,41). The molecule has 0 radical (unpaired) electrons. The average Bonchev–Trinajstić information content (AvgIpc) is 2.94. The number of allylic oxidation sites excluding steroid dienone is 3. The van der Waals surface area contributed by atoms with Crippen molar-refractivity contribution in [2.75, 3.05) is 18.4 Å². The van der Waals surface area contributed by atoms with Crippen LogP contribution in [-0.2, 0) is 4.79 Å². The van der Waals surface area contributed by atoms with E-state index in [4.69, 9.17) is 17.0 Å². The Bertz CT molecular complexity index is 1610. The SMILES string of the molecule is Cc1ccc(C(=O)NCCNC(=S)Nc2ccc(C3c4ccc(O)cc4OC4=CC(=O)C=CC43)c(C(=O)O)c2)cc1. The lowest BCUT2D eigenvalue weighted by Gasteiger charge is -2.35. The van der Waals surface area contributed by atoms with E-state index in [1.165, 1.54) is 30.4 Å². The highest BCUT2D eigenvalue weighted by Crippen LogP contribution is 2.49. The minimum atomic E-state index is -1.13. The summed E-state index contributed by atoms with van der Waals surface area (Å²) in [5.74, 6) is -1.68. The number of fused-ring (bicyclic) bond motifs is 2. The minimum absolute atomic E-state index is 0.00652. The maximum atomic E-state index is 12.4. The molecule has 2 unspecified atom stereocenters. The number of thiocarbonyl (C=S) groups is 1. The van der Waals surface area contributed by atoms with Crippen LogP contribution < -0.4 is 20.7 Å². The van der Waals surface area contributed by atoms with E-state index < -0.39 is 17.8 Å². The highest BCUT2D eigenvalue weighted by Gasteiger charge is 2.38. The Hall–Kier alpha value is -4.96. The highest BCUT2D eigenvalue weighted by molar-refractivity contribution is 7.80. The number of amides is 1. The molecular formula is C31H27N3O6S. The number of carbonyl (C=O) groups is 3.